The first-order valence-electron chi connectivity index (χ1n) is 4.70. The predicted octanol–water partition coefficient (Wildman–Crippen LogP) is 1.78. The molecule has 15 heavy (non-hydrogen) atoms. The molecule has 0 spiro atoms. The van der Waals surface area contributed by atoms with Gasteiger partial charge in [0.25, 0.3) is 0 Å². The van der Waals surface area contributed by atoms with Crippen molar-refractivity contribution in [1.82, 2.24) is 4.57 Å². The Kier molecular flexibility index (Phi) is 2.36. The van der Waals surface area contributed by atoms with Gasteiger partial charge in [0.05, 0.1) is 12.6 Å². The monoisotopic (exact) mass is 208 g/mol. The van der Waals surface area contributed by atoms with Gasteiger partial charge in [-0.1, -0.05) is 0 Å². The van der Waals surface area contributed by atoms with Crippen molar-refractivity contribution in [3.63, 3.8) is 0 Å². The van der Waals surface area contributed by atoms with Gasteiger partial charge in [-0.05, 0) is 18.2 Å². The zero-order valence-corrected chi connectivity index (χ0v) is 8.75. The van der Waals surface area contributed by atoms with Crippen molar-refractivity contribution in [2.45, 2.75) is 6.54 Å². The minimum Gasteiger partial charge on any atom is -0.493 e. The Hall–Kier alpha value is -1.55. The lowest BCUT2D eigenvalue weighted by molar-refractivity contribution is 0.392. The van der Waals surface area contributed by atoms with Gasteiger partial charge >= 0.3 is 0 Å². The number of halogens is 1. The number of benzene rings is 1. The van der Waals surface area contributed by atoms with Crippen LogP contribution in [0.2, 0.25) is 0 Å². The fourth-order valence-electron chi connectivity index (χ4n) is 1.82. The first kappa shape index (κ1) is 9.98. The van der Waals surface area contributed by atoms with E-state index in [1.54, 1.807) is 6.07 Å². The van der Waals surface area contributed by atoms with Crippen molar-refractivity contribution in [1.29, 1.82) is 0 Å². The molecule has 80 valence electrons. The van der Waals surface area contributed by atoms with E-state index in [0.717, 1.165) is 16.6 Å². The minimum absolute atomic E-state index is 0.280. The van der Waals surface area contributed by atoms with Crippen molar-refractivity contribution in [3.05, 3.63) is 29.7 Å². The van der Waals surface area contributed by atoms with E-state index in [4.69, 9.17) is 10.5 Å². The second-order valence-electron chi connectivity index (χ2n) is 3.41. The fraction of sp³-hybridized carbons (Fsp3) is 0.273. The van der Waals surface area contributed by atoms with Crippen LogP contribution < -0.4 is 10.5 Å². The van der Waals surface area contributed by atoms with Crippen molar-refractivity contribution in [3.8, 4) is 5.75 Å². The van der Waals surface area contributed by atoms with E-state index >= 15 is 0 Å². The lowest BCUT2D eigenvalue weighted by Gasteiger charge is -2.04. The summed E-state index contributed by atoms with van der Waals surface area (Å²) in [4.78, 5) is 0. The standard InChI is InChI=1S/C11H13FN2O/c1-14-7(6-13)5-8-10(14)4-3-9(12)11(8)15-2/h3-5H,6,13H2,1-2H3. The molecular weight excluding hydrogens is 195 g/mol. The number of ether oxygens (including phenoxy) is 1. The predicted molar refractivity (Wildman–Crippen MR) is 57.3 cm³/mol. The topological polar surface area (TPSA) is 40.2 Å². The summed E-state index contributed by atoms with van der Waals surface area (Å²) < 4.78 is 20.4. The molecule has 0 saturated heterocycles. The molecular formula is C11H13FN2O. The highest BCUT2D eigenvalue weighted by Crippen LogP contribution is 2.30. The van der Waals surface area contributed by atoms with Gasteiger partial charge in [0, 0.05) is 24.7 Å². The summed E-state index contributed by atoms with van der Waals surface area (Å²) in [6.45, 7) is 0.427. The third-order valence-corrected chi connectivity index (χ3v) is 2.64. The zero-order chi connectivity index (χ0) is 11.0. The SMILES string of the molecule is COc1c(F)ccc2c1cc(CN)n2C. The van der Waals surface area contributed by atoms with Crippen molar-refractivity contribution >= 4 is 10.9 Å². The van der Waals surface area contributed by atoms with Gasteiger partial charge < -0.3 is 15.0 Å². The van der Waals surface area contributed by atoms with Gasteiger partial charge in [-0.15, -0.1) is 0 Å². The highest BCUT2D eigenvalue weighted by molar-refractivity contribution is 5.87. The first-order valence-corrected chi connectivity index (χ1v) is 4.70. The van der Waals surface area contributed by atoms with Gasteiger partial charge in [-0.3, -0.25) is 0 Å². The van der Waals surface area contributed by atoms with Crippen molar-refractivity contribution in [2.75, 3.05) is 7.11 Å². The number of rotatable bonds is 2. The number of aryl methyl sites for hydroxylation is 1. The lowest BCUT2D eigenvalue weighted by Crippen LogP contribution is -2.02. The molecule has 0 aliphatic rings. The van der Waals surface area contributed by atoms with Gasteiger partial charge in [0.1, 0.15) is 0 Å². The number of nitrogens with two attached hydrogens (primary N) is 1. The molecule has 0 amide bonds. The normalized spacial score (nSPS) is 10.9. The maximum absolute atomic E-state index is 13.4. The Balaban J connectivity index is 2.82. The van der Waals surface area contributed by atoms with Crippen LogP contribution in [-0.2, 0) is 13.6 Å². The van der Waals surface area contributed by atoms with E-state index in [9.17, 15) is 4.39 Å². The zero-order valence-electron chi connectivity index (χ0n) is 8.75. The van der Waals surface area contributed by atoms with E-state index < -0.39 is 0 Å². The third-order valence-electron chi connectivity index (χ3n) is 2.64. The highest BCUT2D eigenvalue weighted by Gasteiger charge is 2.12. The molecule has 0 radical (unpaired) electrons. The average Bonchev–Trinajstić information content (AvgIpc) is 2.55. The molecule has 0 bridgehead atoms. The summed E-state index contributed by atoms with van der Waals surface area (Å²) in [6, 6.07) is 4.99. The van der Waals surface area contributed by atoms with Crippen LogP contribution in [0, 0.1) is 5.82 Å². The largest absolute Gasteiger partial charge is 0.493 e. The molecule has 1 heterocycles. The summed E-state index contributed by atoms with van der Waals surface area (Å²) in [5, 5.41) is 0.764. The minimum atomic E-state index is -0.348. The molecule has 0 atom stereocenters. The molecule has 0 fully saturated rings. The molecule has 0 aliphatic heterocycles. The number of hydrogen-bond donors (Lipinski definition) is 1. The molecule has 0 saturated carbocycles. The van der Waals surface area contributed by atoms with Gasteiger partial charge in [0.2, 0.25) is 0 Å². The van der Waals surface area contributed by atoms with Crippen LogP contribution in [0.4, 0.5) is 4.39 Å². The smallest absolute Gasteiger partial charge is 0.165 e. The maximum atomic E-state index is 13.4. The van der Waals surface area contributed by atoms with Crippen LogP contribution in [-0.4, -0.2) is 11.7 Å². The molecule has 3 nitrogen and oxygen atoms in total. The highest BCUT2D eigenvalue weighted by atomic mass is 19.1. The third kappa shape index (κ3) is 1.37. The molecule has 2 N–H and O–H groups in total. The molecule has 2 rings (SSSR count). The van der Waals surface area contributed by atoms with E-state index in [0.29, 0.717) is 6.54 Å². The molecule has 4 heteroatoms. The van der Waals surface area contributed by atoms with E-state index in [1.807, 2.05) is 17.7 Å². The van der Waals surface area contributed by atoms with Crippen LogP contribution in [0.25, 0.3) is 10.9 Å². The van der Waals surface area contributed by atoms with Crippen molar-refractivity contribution in [2.24, 2.45) is 12.8 Å². The van der Waals surface area contributed by atoms with Crippen molar-refractivity contribution < 1.29 is 9.13 Å². The Morgan fingerprint density at radius 1 is 1.47 bits per heavy atom. The van der Waals surface area contributed by atoms with E-state index in [-0.39, 0.29) is 11.6 Å². The van der Waals surface area contributed by atoms with Gasteiger partial charge in [0.15, 0.2) is 11.6 Å². The Labute approximate surface area is 87.2 Å². The Bertz CT molecular complexity index is 505. The maximum Gasteiger partial charge on any atom is 0.165 e. The Morgan fingerprint density at radius 2 is 2.20 bits per heavy atom. The summed E-state index contributed by atoms with van der Waals surface area (Å²) in [6.07, 6.45) is 0. The van der Waals surface area contributed by atoms with Gasteiger partial charge in [-0.25, -0.2) is 4.39 Å². The molecule has 2 aromatic rings. The second kappa shape index (κ2) is 3.55. The second-order valence-corrected chi connectivity index (χ2v) is 3.41. The number of nitrogens with zero attached hydrogens (tertiary/aromatic N) is 1. The van der Waals surface area contributed by atoms with Crippen LogP contribution >= 0.6 is 0 Å². The van der Waals surface area contributed by atoms with Crippen LogP contribution in [0.15, 0.2) is 18.2 Å². The molecule has 0 aliphatic carbocycles. The molecule has 1 aromatic heterocycles. The number of fused-ring (bicyclic) bond motifs is 1. The fourth-order valence-corrected chi connectivity index (χ4v) is 1.82. The summed E-state index contributed by atoms with van der Waals surface area (Å²) in [5.74, 6) is -0.0676. The van der Waals surface area contributed by atoms with E-state index in [1.165, 1.54) is 13.2 Å². The summed E-state index contributed by atoms with van der Waals surface area (Å²) in [7, 11) is 3.37. The summed E-state index contributed by atoms with van der Waals surface area (Å²) >= 11 is 0. The number of methoxy groups -OCH3 is 1. The summed E-state index contributed by atoms with van der Waals surface area (Å²) in [5.41, 5.74) is 7.47. The quantitative estimate of drug-likeness (QED) is 0.817. The van der Waals surface area contributed by atoms with Crippen LogP contribution in [0.5, 0.6) is 5.75 Å². The van der Waals surface area contributed by atoms with E-state index in [2.05, 4.69) is 0 Å². The number of aromatic nitrogens is 1. The van der Waals surface area contributed by atoms with Crippen LogP contribution in [0.3, 0.4) is 0 Å². The van der Waals surface area contributed by atoms with Gasteiger partial charge in [-0.2, -0.15) is 0 Å². The Morgan fingerprint density at radius 3 is 2.80 bits per heavy atom. The average molecular weight is 208 g/mol. The first-order chi connectivity index (χ1) is 7.19. The number of hydrogen-bond acceptors (Lipinski definition) is 2. The molecule has 0 unspecified atom stereocenters. The lowest BCUT2D eigenvalue weighted by atomic mass is 10.2. The van der Waals surface area contributed by atoms with Crippen LogP contribution in [0.1, 0.15) is 5.69 Å². The molecule has 1 aromatic carbocycles.